The first-order valence-electron chi connectivity index (χ1n) is 14.3. The standard InChI is InChI=1S/C33H48O2S/c1-4-5-6-7-8-9-10-11-12-13-26-35-31-21-19-30(20-22-31)33(34)25-18-29-16-23-32(24-17-29)36-27-14-15-28(2)3/h16-25,28H,4-15,26-27H2,1-3H3/b25-18+. The Morgan fingerprint density at radius 1 is 0.806 bits per heavy atom. The number of ketones is 1. The van der Waals surface area contributed by atoms with Gasteiger partial charge in [-0.05, 0) is 72.6 Å². The predicted molar refractivity (Wildman–Crippen MR) is 158 cm³/mol. The fourth-order valence-electron chi connectivity index (χ4n) is 4.12. The normalized spacial score (nSPS) is 11.4. The van der Waals surface area contributed by atoms with Gasteiger partial charge < -0.3 is 4.74 Å². The second kappa shape index (κ2) is 19.2. The molecule has 0 spiro atoms. The van der Waals surface area contributed by atoms with E-state index in [1.54, 1.807) is 6.08 Å². The molecule has 2 aromatic rings. The number of carbonyl (C=O) groups excluding carboxylic acids is 1. The molecule has 0 atom stereocenters. The van der Waals surface area contributed by atoms with Gasteiger partial charge in [-0.15, -0.1) is 11.8 Å². The zero-order chi connectivity index (χ0) is 25.8. The number of carbonyl (C=O) groups is 1. The Morgan fingerprint density at radius 3 is 2.03 bits per heavy atom. The monoisotopic (exact) mass is 508 g/mol. The van der Waals surface area contributed by atoms with E-state index in [1.165, 1.54) is 75.5 Å². The predicted octanol–water partition coefficient (Wildman–Crippen LogP) is 10.4. The van der Waals surface area contributed by atoms with Crippen molar-refractivity contribution in [1.82, 2.24) is 0 Å². The maximum atomic E-state index is 12.6. The summed E-state index contributed by atoms with van der Waals surface area (Å²) in [6, 6.07) is 16.0. The van der Waals surface area contributed by atoms with E-state index < -0.39 is 0 Å². The Balaban J connectivity index is 1.61. The number of rotatable bonds is 20. The largest absolute Gasteiger partial charge is 0.494 e. The third kappa shape index (κ3) is 13.9. The van der Waals surface area contributed by atoms with E-state index >= 15 is 0 Å². The summed E-state index contributed by atoms with van der Waals surface area (Å²) < 4.78 is 5.87. The zero-order valence-corrected chi connectivity index (χ0v) is 23.8. The second-order valence-electron chi connectivity index (χ2n) is 10.2. The Morgan fingerprint density at radius 2 is 1.42 bits per heavy atom. The number of unbranched alkanes of at least 4 members (excludes halogenated alkanes) is 9. The van der Waals surface area contributed by atoms with Crippen LogP contribution in [0.2, 0.25) is 0 Å². The third-order valence-corrected chi connectivity index (χ3v) is 7.51. The van der Waals surface area contributed by atoms with Crippen molar-refractivity contribution in [3.63, 3.8) is 0 Å². The molecule has 0 aliphatic heterocycles. The molecule has 0 saturated carbocycles. The maximum absolute atomic E-state index is 12.6. The van der Waals surface area contributed by atoms with Gasteiger partial charge in [-0.25, -0.2) is 0 Å². The van der Waals surface area contributed by atoms with Crippen LogP contribution in [0.4, 0.5) is 0 Å². The van der Waals surface area contributed by atoms with Crippen LogP contribution >= 0.6 is 11.8 Å². The fraction of sp³-hybridized carbons (Fsp3) is 0.545. The fourth-order valence-corrected chi connectivity index (χ4v) is 5.00. The van der Waals surface area contributed by atoms with E-state index in [-0.39, 0.29) is 5.78 Å². The topological polar surface area (TPSA) is 26.3 Å². The Labute approximate surface area is 225 Å². The summed E-state index contributed by atoms with van der Waals surface area (Å²) >= 11 is 1.90. The Kier molecular flexibility index (Phi) is 16.1. The molecule has 2 rings (SSSR count). The summed E-state index contributed by atoms with van der Waals surface area (Å²) in [5.74, 6) is 2.79. The molecule has 0 aromatic heterocycles. The maximum Gasteiger partial charge on any atom is 0.185 e. The summed E-state index contributed by atoms with van der Waals surface area (Å²) in [4.78, 5) is 13.8. The minimum atomic E-state index is 0.0170. The molecule has 36 heavy (non-hydrogen) atoms. The van der Waals surface area contributed by atoms with Gasteiger partial charge in [0, 0.05) is 10.5 Å². The van der Waals surface area contributed by atoms with Crippen molar-refractivity contribution in [1.29, 1.82) is 0 Å². The summed E-state index contributed by atoms with van der Waals surface area (Å²) in [5, 5.41) is 0. The molecule has 0 amide bonds. The molecule has 0 fully saturated rings. The average Bonchev–Trinajstić information content (AvgIpc) is 2.89. The average molecular weight is 509 g/mol. The molecule has 0 saturated heterocycles. The van der Waals surface area contributed by atoms with Gasteiger partial charge in [0.25, 0.3) is 0 Å². The van der Waals surface area contributed by atoms with Crippen LogP contribution in [0.25, 0.3) is 6.08 Å². The lowest BCUT2D eigenvalue weighted by atomic mass is 10.1. The van der Waals surface area contributed by atoms with Gasteiger partial charge in [-0.2, -0.15) is 0 Å². The molecule has 2 nitrogen and oxygen atoms in total. The summed E-state index contributed by atoms with van der Waals surface area (Å²) in [6.07, 6.45) is 19.3. The number of thioether (sulfide) groups is 1. The van der Waals surface area contributed by atoms with Crippen LogP contribution in [-0.2, 0) is 0 Å². The van der Waals surface area contributed by atoms with E-state index in [4.69, 9.17) is 4.74 Å². The molecule has 0 N–H and O–H groups in total. The lowest BCUT2D eigenvalue weighted by Crippen LogP contribution is -1.99. The van der Waals surface area contributed by atoms with Crippen molar-refractivity contribution in [2.24, 2.45) is 5.92 Å². The highest BCUT2D eigenvalue weighted by molar-refractivity contribution is 7.99. The summed E-state index contributed by atoms with van der Waals surface area (Å²) in [7, 11) is 0. The highest BCUT2D eigenvalue weighted by Crippen LogP contribution is 2.21. The van der Waals surface area contributed by atoms with E-state index in [9.17, 15) is 4.79 Å². The Hall–Kier alpha value is -2.00. The molecule has 2 aromatic carbocycles. The molecule has 0 aliphatic rings. The van der Waals surface area contributed by atoms with Crippen molar-refractivity contribution < 1.29 is 9.53 Å². The number of hydrogen-bond acceptors (Lipinski definition) is 3. The van der Waals surface area contributed by atoms with Gasteiger partial charge in [0.1, 0.15) is 5.75 Å². The van der Waals surface area contributed by atoms with Crippen molar-refractivity contribution in [3.8, 4) is 5.75 Å². The minimum absolute atomic E-state index is 0.0170. The quantitative estimate of drug-likeness (QED) is 0.0770. The van der Waals surface area contributed by atoms with Crippen molar-refractivity contribution >= 4 is 23.6 Å². The van der Waals surface area contributed by atoms with Crippen LogP contribution < -0.4 is 4.74 Å². The lowest BCUT2D eigenvalue weighted by Gasteiger charge is -2.07. The number of hydrogen-bond donors (Lipinski definition) is 0. The van der Waals surface area contributed by atoms with Crippen molar-refractivity contribution in [2.45, 2.75) is 103 Å². The molecule has 0 radical (unpaired) electrons. The highest BCUT2D eigenvalue weighted by atomic mass is 32.2. The summed E-state index contributed by atoms with van der Waals surface area (Å²) in [5.41, 5.74) is 1.74. The number of benzene rings is 2. The molecule has 0 aliphatic carbocycles. The van der Waals surface area contributed by atoms with E-state index in [2.05, 4.69) is 45.0 Å². The molecule has 198 valence electrons. The van der Waals surface area contributed by atoms with Gasteiger partial charge in [-0.1, -0.05) is 103 Å². The summed E-state index contributed by atoms with van der Waals surface area (Å²) in [6.45, 7) is 7.56. The van der Waals surface area contributed by atoms with Crippen molar-refractivity contribution in [3.05, 3.63) is 65.7 Å². The van der Waals surface area contributed by atoms with Gasteiger partial charge in [0.15, 0.2) is 5.78 Å². The first kappa shape index (κ1) is 30.2. The van der Waals surface area contributed by atoms with Crippen LogP contribution in [0.5, 0.6) is 5.75 Å². The van der Waals surface area contributed by atoms with Crippen LogP contribution in [0.3, 0.4) is 0 Å². The van der Waals surface area contributed by atoms with E-state index in [1.807, 2.05) is 42.1 Å². The van der Waals surface area contributed by atoms with Crippen LogP contribution in [0, 0.1) is 5.92 Å². The van der Waals surface area contributed by atoms with Gasteiger partial charge >= 0.3 is 0 Å². The molecule has 0 bridgehead atoms. The molecule has 3 heteroatoms. The van der Waals surface area contributed by atoms with Gasteiger partial charge in [0.2, 0.25) is 0 Å². The minimum Gasteiger partial charge on any atom is -0.494 e. The zero-order valence-electron chi connectivity index (χ0n) is 23.0. The molecular formula is C33H48O2S. The van der Waals surface area contributed by atoms with E-state index in [0.717, 1.165) is 36.0 Å². The first-order valence-corrected chi connectivity index (χ1v) is 15.2. The Bertz CT molecular complexity index is 852. The third-order valence-electron chi connectivity index (χ3n) is 6.41. The SMILES string of the molecule is CCCCCCCCCCCCOc1ccc(C(=O)/C=C/c2ccc(SCCCC(C)C)cc2)cc1. The lowest BCUT2D eigenvalue weighted by molar-refractivity contribution is 0.104. The highest BCUT2D eigenvalue weighted by Gasteiger charge is 2.03. The second-order valence-corrected chi connectivity index (χ2v) is 11.4. The first-order chi connectivity index (χ1) is 17.6. The van der Waals surface area contributed by atoms with Crippen molar-refractivity contribution in [2.75, 3.05) is 12.4 Å². The molecular weight excluding hydrogens is 460 g/mol. The molecule has 0 unspecified atom stereocenters. The van der Waals surface area contributed by atoms with Gasteiger partial charge in [0.05, 0.1) is 6.61 Å². The smallest absolute Gasteiger partial charge is 0.185 e. The molecule has 0 heterocycles. The number of allylic oxidation sites excluding steroid dienone is 1. The van der Waals surface area contributed by atoms with Crippen LogP contribution in [0.1, 0.15) is 114 Å². The van der Waals surface area contributed by atoms with Crippen LogP contribution in [-0.4, -0.2) is 18.1 Å². The van der Waals surface area contributed by atoms with E-state index in [0.29, 0.717) is 5.56 Å². The van der Waals surface area contributed by atoms with Gasteiger partial charge in [-0.3, -0.25) is 4.79 Å². The van der Waals surface area contributed by atoms with Crippen LogP contribution in [0.15, 0.2) is 59.5 Å². The number of ether oxygens (including phenoxy) is 1.